The second-order valence-corrected chi connectivity index (χ2v) is 8.36. The summed E-state index contributed by atoms with van der Waals surface area (Å²) in [4.78, 5) is 16.6. The number of carbonyl (C=O) groups is 1. The molecule has 0 bridgehead atoms. The molecule has 2 aromatic heterocycles. The van der Waals surface area contributed by atoms with Crippen molar-refractivity contribution in [3.8, 4) is 22.7 Å². The molecule has 0 N–H and O–H groups in total. The van der Waals surface area contributed by atoms with Crippen LogP contribution in [0.3, 0.4) is 0 Å². The minimum Gasteiger partial charge on any atom is -0.419 e. The fraction of sp³-hybridized carbons (Fsp3) is 0.280. The minimum atomic E-state index is -0.366. The van der Waals surface area contributed by atoms with Crippen LogP contribution >= 0.6 is 0 Å². The summed E-state index contributed by atoms with van der Waals surface area (Å²) in [5.74, 6) is 0.927. The lowest BCUT2D eigenvalue weighted by molar-refractivity contribution is 0.0618. The highest BCUT2D eigenvalue weighted by Gasteiger charge is 2.25. The third-order valence-corrected chi connectivity index (χ3v) is 6.03. The average Bonchev–Trinajstić information content (AvgIpc) is 3.47. The summed E-state index contributed by atoms with van der Waals surface area (Å²) in [5, 5.41) is 12.6. The average molecular weight is 461 g/mol. The third-order valence-electron chi connectivity index (χ3n) is 6.03. The molecule has 4 aromatic rings. The van der Waals surface area contributed by atoms with Crippen molar-refractivity contribution in [2.24, 2.45) is 0 Å². The number of carbonyl (C=O) groups excluding carboxylic acids is 1. The van der Waals surface area contributed by atoms with Gasteiger partial charge in [-0.2, -0.15) is 0 Å². The van der Waals surface area contributed by atoms with Crippen LogP contribution in [-0.4, -0.2) is 57.2 Å². The number of piperazine rings is 1. The van der Waals surface area contributed by atoms with Crippen molar-refractivity contribution in [2.45, 2.75) is 20.4 Å². The maximum absolute atomic E-state index is 13.8. The first-order valence-corrected chi connectivity index (χ1v) is 11.1. The normalized spacial score (nSPS) is 14.5. The van der Waals surface area contributed by atoms with Gasteiger partial charge in [-0.15, -0.1) is 10.2 Å². The number of benzene rings is 2. The summed E-state index contributed by atoms with van der Waals surface area (Å²) in [7, 11) is 0. The number of aryl methyl sites for hydroxylation is 2. The zero-order valence-corrected chi connectivity index (χ0v) is 19.0. The number of amides is 1. The van der Waals surface area contributed by atoms with Gasteiger partial charge >= 0.3 is 0 Å². The van der Waals surface area contributed by atoms with Crippen LogP contribution in [0.2, 0.25) is 0 Å². The van der Waals surface area contributed by atoms with Gasteiger partial charge in [-0.3, -0.25) is 9.69 Å². The Bertz CT molecular complexity index is 1310. The van der Waals surface area contributed by atoms with Gasteiger partial charge < -0.3 is 13.8 Å². The van der Waals surface area contributed by atoms with E-state index in [1.165, 1.54) is 6.07 Å². The fourth-order valence-electron chi connectivity index (χ4n) is 4.04. The molecule has 1 aliphatic rings. The van der Waals surface area contributed by atoms with Crippen LogP contribution in [0, 0.1) is 19.7 Å². The van der Waals surface area contributed by atoms with Gasteiger partial charge in [-0.25, -0.2) is 4.39 Å². The molecule has 0 radical (unpaired) electrons. The first kappa shape index (κ1) is 22.0. The molecule has 3 heterocycles. The highest BCUT2D eigenvalue weighted by molar-refractivity contribution is 5.94. The van der Waals surface area contributed by atoms with Gasteiger partial charge in [0.25, 0.3) is 11.8 Å². The van der Waals surface area contributed by atoms with Crippen LogP contribution in [-0.2, 0) is 6.54 Å². The number of nitrogens with zero attached hydrogens (tertiary/aromatic N) is 5. The monoisotopic (exact) mass is 461 g/mol. The number of hydrogen-bond acceptors (Lipinski definition) is 7. The largest absolute Gasteiger partial charge is 0.419 e. The molecule has 1 aliphatic heterocycles. The molecule has 0 aliphatic carbocycles. The van der Waals surface area contributed by atoms with Crippen molar-refractivity contribution in [2.75, 3.05) is 26.2 Å². The van der Waals surface area contributed by atoms with Crippen LogP contribution in [0.25, 0.3) is 22.7 Å². The second kappa shape index (κ2) is 9.18. The van der Waals surface area contributed by atoms with Crippen molar-refractivity contribution < 1.29 is 18.1 Å². The van der Waals surface area contributed by atoms with E-state index in [-0.39, 0.29) is 11.7 Å². The molecule has 9 heteroatoms. The summed E-state index contributed by atoms with van der Waals surface area (Å²) in [6.07, 6.45) is 0. The molecule has 1 fully saturated rings. The van der Waals surface area contributed by atoms with E-state index in [0.717, 1.165) is 5.56 Å². The van der Waals surface area contributed by atoms with Gasteiger partial charge in [-0.05, 0) is 31.5 Å². The van der Waals surface area contributed by atoms with Crippen molar-refractivity contribution >= 4 is 5.91 Å². The summed E-state index contributed by atoms with van der Waals surface area (Å²) >= 11 is 0. The van der Waals surface area contributed by atoms with Crippen LogP contribution in [0.5, 0.6) is 0 Å². The summed E-state index contributed by atoms with van der Waals surface area (Å²) < 4.78 is 25.2. The smallest absolute Gasteiger partial charge is 0.254 e. The zero-order chi connectivity index (χ0) is 23.7. The quantitative estimate of drug-likeness (QED) is 0.442. The Hall–Kier alpha value is -3.85. The van der Waals surface area contributed by atoms with Gasteiger partial charge in [0.1, 0.15) is 22.8 Å². The van der Waals surface area contributed by atoms with Gasteiger partial charge in [0.05, 0.1) is 6.54 Å². The zero-order valence-electron chi connectivity index (χ0n) is 19.0. The standard InChI is InChI=1S/C25H24FN5O3/c1-16-8-9-19(14-20(16)26)25(32)31-12-10-30(11-13-31)15-21-27-28-24(33-21)22-17(2)34-29-23(22)18-6-4-3-5-7-18/h3-9,14H,10-13,15H2,1-2H3. The molecule has 8 nitrogen and oxygen atoms in total. The first-order chi connectivity index (χ1) is 16.5. The molecule has 0 spiro atoms. The fourth-order valence-corrected chi connectivity index (χ4v) is 4.04. The van der Waals surface area contributed by atoms with Crippen LogP contribution in [0.15, 0.2) is 57.5 Å². The Morgan fingerprint density at radius 2 is 1.79 bits per heavy atom. The number of hydrogen-bond donors (Lipinski definition) is 0. The Morgan fingerprint density at radius 3 is 2.53 bits per heavy atom. The molecule has 0 atom stereocenters. The molecular weight excluding hydrogens is 437 g/mol. The van der Waals surface area contributed by atoms with Crippen molar-refractivity contribution in [1.82, 2.24) is 25.2 Å². The molecule has 0 unspecified atom stereocenters. The Labute approximate surface area is 196 Å². The molecular formula is C25H24FN5O3. The molecule has 174 valence electrons. The van der Waals surface area contributed by atoms with Gasteiger partial charge in [0, 0.05) is 37.3 Å². The van der Waals surface area contributed by atoms with Crippen LogP contribution in [0.4, 0.5) is 4.39 Å². The van der Waals surface area contributed by atoms with E-state index >= 15 is 0 Å². The van der Waals surface area contributed by atoms with E-state index in [0.29, 0.717) is 72.6 Å². The molecule has 34 heavy (non-hydrogen) atoms. The predicted molar refractivity (Wildman–Crippen MR) is 122 cm³/mol. The maximum Gasteiger partial charge on any atom is 0.254 e. The van der Waals surface area contributed by atoms with E-state index in [2.05, 4.69) is 20.3 Å². The predicted octanol–water partition coefficient (Wildman–Crippen LogP) is 4.11. The van der Waals surface area contributed by atoms with E-state index in [1.54, 1.807) is 24.0 Å². The van der Waals surface area contributed by atoms with Crippen molar-refractivity contribution in [3.63, 3.8) is 0 Å². The highest BCUT2D eigenvalue weighted by atomic mass is 19.1. The topological polar surface area (TPSA) is 88.5 Å². The number of aromatic nitrogens is 3. The van der Waals surface area contributed by atoms with E-state index in [1.807, 2.05) is 37.3 Å². The molecule has 2 aromatic carbocycles. The lowest BCUT2D eigenvalue weighted by Crippen LogP contribution is -2.48. The molecule has 5 rings (SSSR count). The summed E-state index contributed by atoms with van der Waals surface area (Å²) in [6.45, 7) is 6.35. The molecule has 1 saturated heterocycles. The Kier molecular flexibility index (Phi) is 5.93. The number of halogens is 1. The van der Waals surface area contributed by atoms with Gasteiger partial charge in [0.15, 0.2) is 0 Å². The van der Waals surface area contributed by atoms with Crippen LogP contribution < -0.4 is 0 Å². The van der Waals surface area contributed by atoms with E-state index in [4.69, 9.17) is 8.94 Å². The lowest BCUT2D eigenvalue weighted by Gasteiger charge is -2.34. The SMILES string of the molecule is Cc1ccc(C(=O)N2CCN(Cc3nnc(-c4c(-c5ccccc5)noc4C)o3)CC2)cc1F. The molecule has 1 amide bonds. The summed E-state index contributed by atoms with van der Waals surface area (Å²) in [5.41, 5.74) is 3.15. The van der Waals surface area contributed by atoms with E-state index in [9.17, 15) is 9.18 Å². The third kappa shape index (κ3) is 4.34. The van der Waals surface area contributed by atoms with Crippen molar-refractivity contribution in [1.29, 1.82) is 0 Å². The maximum atomic E-state index is 13.8. The lowest BCUT2D eigenvalue weighted by atomic mass is 10.1. The number of rotatable bonds is 5. The Morgan fingerprint density at radius 1 is 1.03 bits per heavy atom. The van der Waals surface area contributed by atoms with Crippen LogP contribution in [0.1, 0.15) is 27.6 Å². The Balaban J connectivity index is 1.24. The van der Waals surface area contributed by atoms with Crippen molar-refractivity contribution in [3.05, 3.63) is 77.1 Å². The van der Waals surface area contributed by atoms with Gasteiger partial charge in [-0.1, -0.05) is 41.6 Å². The first-order valence-electron chi connectivity index (χ1n) is 11.1. The van der Waals surface area contributed by atoms with Gasteiger partial charge in [0.2, 0.25) is 5.89 Å². The molecule has 0 saturated carbocycles. The highest BCUT2D eigenvalue weighted by Crippen LogP contribution is 2.33. The second-order valence-electron chi connectivity index (χ2n) is 8.36. The summed E-state index contributed by atoms with van der Waals surface area (Å²) in [6, 6.07) is 14.3. The minimum absolute atomic E-state index is 0.157. The van der Waals surface area contributed by atoms with E-state index < -0.39 is 0 Å².